The molecule has 0 aliphatic rings. The highest BCUT2D eigenvalue weighted by molar-refractivity contribution is 5.76. The number of hydrazine groups is 1. The summed E-state index contributed by atoms with van der Waals surface area (Å²) in [5.41, 5.74) is 10.1. The van der Waals surface area contributed by atoms with Gasteiger partial charge in [0.15, 0.2) is 0 Å². The van der Waals surface area contributed by atoms with Crippen LogP contribution in [0.2, 0.25) is 0 Å². The van der Waals surface area contributed by atoms with Crippen molar-refractivity contribution in [1.29, 1.82) is 0 Å². The molecule has 1 rings (SSSR count). The molecule has 5 nitrogen and oxygen atoms in total. The second-order valence-electron chi connectivity index (χ2n) is 5.58. The number of methoxy groups -OCH3 is 1. The molecule has 1 unspecified atom stereocenters. The van der Waals surface area contributed by atoms with E-state index < -0.39 is 6.04 Å². The van der Waals surface area contributed by atoms with Crippen LogP contribution in [0, 0.1) is 0 Å². The molecule has 0 radical (unpaired) electrons. The second-order valence-corrected chi connectivity index (χ2v) is 5.58. The van der Waals surface area contributed by atoms with Gasteiger partial charge in [-0.05, 0) is 23.1 Å². The zero-order chi connectivity index (χ0) is 14.6. The number of nitrogens with two attached hydrogens (primary N) is 2. The lowest BCUT2D eigenvalue weighted by Crippen LogP contribution is -2.32. The molecular weight excluding hydrogens is 242 g/mol. The topological polar surface area (TPSA) is 90.4 Å². The molecule has 19 heavy (non-hydrogen) atoms. The van der Waals surface area contributed by atoms with E-state index in [1.165, 1.54) is 0 Å². The third-order valence-electron chi connectivity index (χ3n) is 3.06. The molecule has 0 aromatic heterocycles. The summed E-state index contributed by atoms with van der Waals surface area (Å²) in [6, 6.07) is 5.45. The zero-order valence-corrected chi connectivity index (χ0v) is 12.0. The fourth-order valence-electron chi connectivity index (χ4n) is 1.86. The fourth-order valence-corrected chi connectivity index (χ4v) is 1.86. The summed E-state index contributed by atoms with van der Waals surface area (Å²) < 4.78 is 5.31. The summed E-state index contributed by atoms with van der Waals surface area (Å²) >= 11 is 0. The van der Waals surface area contributed by atoms with Crippen LogP contribution in [0.5, 0.6) is 5.75 Å². The molecule has 0 aliphatic heterocycles. The molecule has 0 spiro atoms. The van der Waals surface area contributed by atoms with Gasteiger partial charge in [0.1, 0.15) is 5.75 Å². The molecular formula is C14H23N3O2. The number of ether oxygens (including phenoxy) is 1. The van der Waals surface area contributed by atoms with Gasteiger partial charge in [-0.2, -0.15) is 0 Å². The Morgan fingerprint density at radius 3 is 2.53 bits per heavy atom. The number of amides is 1. The Hall–Kier alpha value is -1.59. The van der Waals surface area contributed by atoms with Crippen molar-refractivity contribution in [2.75, 3.05) is 7.11 Å². The van der Waals surface area contributed by atoms with Crippen molar-refractivity contribution in [3.05, 3.63) is 29.3 Å². The van der Waals surface area contributed by atoms with Crippen molar-refractivity contribution >= 4 is 5.91 Å². The third-order valence-corrected chi connectivity index (χ3v) is 3.06. The minimum atomic E-state index is -0.444. The molecule has 106 valence electrons. The van der Waals surface area contributed by atoms with Gasteiger partial charge in [-0.1, -0.05) is 26.8 Å². The number of benzene rings is 1. The SMILES string of the molecule is COc1ccc(C(C)(C)C)cc1C(N)CC(=O)NN. The van der Waals surface area contributed by atoms with Crippen LogP contribution in [-0.2, 0) is 10.2 Å². The summed E-state index contributed by atoms with van der Waals surface area (Å²) in [4.78, 5) is 11.3. The van der Waals surface area contributed by atoms with E-state index in [4.69, 9.17) is 16.3 Å². The van der Waals surface area contributed by atoms with Crippen LogP contribution >= 0.6 is 0 Å². The summed E-state index contributed by atoms with van der Waals surface area (Å²) in [5.74, 6) is 5.47. The predicted octanol–water partition coefficient (Wildman–Crippen LogP) is 1.37. The summed E-state index contributed by atoms with van der Waals surface area (Å²) in [6.07, 6.45) is 0.125. The van der Waals surface area contributed by atoms with Gasteiger partial charge in [-0.15, -0.1) is 0 Å². The van der Waals surface area contributed by atoms with Gasteiger partial charge in [-0.3, -0.25) is 10.2 Å². The highest BCUT2D eigenvalue weighted by atomic mass is 16.5. The molecule has 1 atom stereocenters. The highest BCUT2D eigenvalue weighted by Crippen LogP contribution is 2.31. The molecule has 1 amide bonds. The maximum absolute atomic E-state index is 11.3. The van der Waals surface area contributed by atoms with Crippen LogP contribution in [0.4, 0.5) is 0 Å². The number of rotatable bonds is 4. The van der Waals surface area contributed by atoms with Gasteiger partial charge in [0.25, 0.3) is 0 Å². The van der Waals surface area contributed by atoms with Gasteiger partial charge in [0.2, 0.25) is 5.91 Å². The first-order valence-electron chi connectivity index (χ1n) is 6.23. The first kappa shape index (κ1) is 15.5. The molecule has 5 N–H and O–H groups in total. The van der Waals surface area contributed by atoms with Gasteiger partial charge in [-0.25, -0.2) is 5.84 Å². The number of hydrogen-bond acceptors (Lipinski definition) is 4. The smallest absolute Gasteiger partial charge is 0.235 e. The largest absolute Gasteiger partial charge is 0.496 e. The number of carbonyl (C=O) groups is 1. The molecule has 0 saturated heterocycles. The Morgan fingerprint density at radius 1 is 1.42 bits per heavy atom. The number of hydrogen-bond donors (Lipinski definition) is 3. The molecule has 5 heteroatoms. The van der Waals surface area contributed by atoms with Crippen LogP contribution < -0.4 is 21.7 Å². The minimum Gasteiger partial charge on any atom is -0.496 e. The normalized spacial score (nSPS) is 12.9. The summed E-state index contributed by atoms with van der Waals surface area (Å²) in [5, 5.41) is 0. The zero-order valence-electron chi connectivity index (χ0n) is 12.0. The Kier molecular flexibility index (Phi) is 4.91. The van der Waals surface area contributed by atoms with Crippen molar-refractivity contribution in [2.45, 2.75) is 38.6 Å². The van der Waals surface area contributed by atoms with Crippen LogP contribution in [0.25, 0.3) is 0 Å². The van der Waals surface area contributed by atoms with Crippen molar-refractivity contribution < 1.29 is 9.53 Å². The number of carbonyl (C=O) groups excluding carboxylic acids is 1. The van der Waals surface area contributed by atoms with Crippen molar-refractivity contribution in [2.24, 2.45) is 11.6 Å². The van der Waals surface area contributed by atoms with E-state index in [-0.39, 0.29) is 17.7 Å². The molecule has 1 aromatic carbocycles. The summed E-state index contributed by atoms with van der Waals surface area (Å²) in [6.45, 7) is 6.37. The minimum absolute atomic E-state index is 0.0108. The third kappa shape index (κ3) is 3.94. The van der Waals surface area contributed by atoms with Gasteiger partial charge >= 0.3 is 0 Å². The van der Waals surface area contributed by atoms with Gasteiger partial charge in [0, 0.05) is 18.0 Å². The lowest BCUT2D eigenvalue weighted by Gasteiger charge is -2.23. The second kappa shape index (κ2) is 6.04. The van der Waals surface area contributed by atoms with Crippen molar-refractivity contribution in [1.82, 2.24) is 5.43 Å². The maximum Gasteiger partial charge on any atom is 0.235 e. The maximum atomic E-state index is 11.3. The van der Waals surface area contributed by atoms with E-state index in [0.29, 0.717) is 5.75 Å². The van der Waals surface area contributed by atoms with E-state index >= 15 is 0 Å². The average molecular weight is 265 g/mol. The Balaban J connectivity index is 3.12. The highest BCUT2D eigenvalue weighted by Gasteiger charge is 2.20. The monoisotopic (exact) mass is 265 g/mol. The average Bonchev–Trinajstić information content (AvgIpc) is 2.36. The first-order valence-corrected chi connectivity index (χ1v) is 6.23. The molecule has 0 fully saturated rings. The van der Waals surface area contributed by atoms with Gasteiger partial charge < -0.3 is 10.5 Å². The fraction of sp³-hybridized carbons (Fsp3) is 0.500. The lowest BCUT2D eigenvalue weighted by atomic mass is 9.85. The van der Waals surface area contributed by atoms with E-state index in [0.717, 1.165) is 11.1 Å². The van der Waals surface area contributed by atoms with E-state index in [1.54, 1.807) is 7.11 Å². The van der Waals surface area contributed by atoms with Crippen LogP contribution in [0.15, 0.2) is 18.2 Å². The first-order chi connectivity index (χ1) is 8.79. The van der Waals surface area contributed by atoms with Crippen molar-refractivity contribution in [3.63, 3.8) is 0 Å². The predicted molar refractivity (Wildman–Crippen MR) is 75.6 cm³/mol. The summed E-state index contributed by atoms with van der Waals surface area (Å²) in [7, 11) is 1.59. The van der Waals surface area contributed by atoms with Crippen LogP contribution in [-0.4, -0.2) is 13.0 Å². The van der Waals surface area contributed by atoms with Gasteiger partial charge in [0.05, 0.1) is 7.11 Å². The van der Waals surface area contributed by atoms with E-state index in [2.05, 4.69) is 26.2 Å². The molecule has 0 aliphatic carbocycles. The Bertz CT molecular complexity index is 452. The number of nitrogens with one attached hydrogen (secondary N) is 1. The van der Waals surface area contributed by atoms with Crippen molar-refractivity contribution in [3.8, 4) is 5.75 Å². The molecule has 0 saturated carbocycles. The Morgan fingerprint density at radius 2 is 2.05 bits per heavy atom. The molecule has 0 bridgehead atoms. The lowest BCUT2D eigenvalue weighted by molar-refractivity contribution is -0.121. The quantitative estimate of drug-likeness (QED) is 0.436. The molecule has 0 heterocycles. The van der Waals surface area contributed by atoms with Crippen LogP contribution in [0.3, 0.4) is 0 Å². The van der Waals surface area contributed by atoms with E-state index in [1.807, 2.05) is 18.2 Å². The standard InChI is InChI=1S/C14H23N3O2/c1-14(2,3)9-5-6-12(19-4)10(7-9)11(15)8-13(18)17-16/h5-7,11H,8,15-16H2,1-4H3,(H,17,18). The molecule has 1 aromatic rings. The van der Waals surface area contributed by atoms with E-state index in [9.17, 15) is 4.79 Å². The van der Waals surface area contributed by atoms with Crippen LogP contribution in [0.1, 0.15) is 44.4 Å². The Labute approximate surface area is 114 Å².